The van der Waals surface area contributed by atoms with Gasteiger partial charge >= 0.3 is 0 Å². The van der Waals surface area contributed by atoms with E-state index in [4.69, 9.17) is 22.1 Å². The van der Waals surface area contributed by atoms with Crippen molar-refractivity contribution in [2.75, 3.05) is 6.54 Å². The standard InChI is InChI=1S/C25H31ClN2O5S.ClH/c1-2-4-21(34(30,31)32)22(24(27)29)33-19-10-5-16-11-14-28-23(20(16)15-19)25(12-3-13-25)17-6-8-18(26)9-7-17;/h5-10,15,21-23,28H,2-4,11-14H2,1H3,(H2,27,29)(H,30,31,32);1H. The van der Waals surface area contributed by atoms with Crippen LogP contribution in [0.4, 0.5) is 0 Å². The van der Waals surface area contributed by atoms with Crippen molar-refractivity contribution in [1.82, 2.24) is 5.32 Å². The van der Waals surface area contributed by atoms with E-state index in [1.807, 2.05) is 24.3 Å². The van der Waals surface area contributed by atoms with E-state index in [2.05, 4.69) is 17.4 Å². The first-order chi connectivity index (χ1) is 16.2. The summed E-state index contributed by atoms with van der Waals surface area (Å²) < 4.78 is 39.5. The summed E-state index contributed by atoms with van der Waals surface area (Å²) in [6.45, 7) is 2.61. The minimum absolute atomic E-state index is 0. The molecule has 7 nitrogen and oxygen atoms in total. The molecule has 35 heavy (non-hydrogen) atoms. The zero-order chi connectivity index (χ0) is 24.5. The van der Waals surface area contributed by atoms with Gasteiger partial charge in [-0.05, 0) is 73.2 Å². The van der Waals surface area contributed by atoms with E-state index in [9.17, 15) is 17.8 Å². The molecule has 1 amide bonds. The second kappa shape index (κ2) is 11.0. The molecule has 1 fully saturated rings. The van der Waals surface area contributed by atoms with Crippen LogP contribution in [0.25, 0.3) is 0 Å². The molecule has 2 aromatic rings. The van der Waals surface area contributed by atoms with Gasteiger partial charge in [0.05, 0.1) is 0 Å². The molecular formula is C25H32Cl2N2O5S. The minimum Gasteiger partial charge on any atom is -0.479 e. The van der Waals surface area contributed by atoms with Gasteiger partial charge in [-0.3, -0.25) is 9.35 Å². The van der Waals surface area contributed by atoms with E-state index in [1.165, 1.54) is 11.1 Å². The van der Waals surface area contributed by atoms with Gasteiger partial charge in [0.2, 0.25) is 0 Å². The number of halogens is 2. The largest absolute Gasteiger partial charge is 0.479 e. The smallest absolute Gasteiger partial charge is 0.272 e. The molecule has 192 valence electrons. The van der Waals surface area contributed by atoms with Crippen molar-refractivity contribution in [2.45, 2.75) is 68.3 Å². The zero-order valence-corrected chi connectivity index (χ0v) is 22.0. The van der Waals surface area contributed by atoms with Crippen molar-refractivity contribution < 1.29 is 22.5 Å². The Morgan fingerprint density at radius 2 is 1.94 bits per heavy atom. The Bertz CT molecular complexity index is 1150. The molecule has 0 bridgehead atoms. The van der Waals surface area contributed by atoms with Gasteiger partial charge in [0.25, 0.3) is 16.0 Å². The highest BCUT2D eigenvalue weighted by Gasteiger charge is 2.47. The number of hydrogen-bond donors (Lipinski definition) is 3. The maximum atomic E-state index is 12.1. The van der Waals surface area contributed by atoms with Gasteiger partial charge in [-0.1, -0.05) is 49.6 Å². The van der Waals surface area contributed by atoms with Crippen LogP contribution < -0.4 is 15.8 Å². The summed E-state index contributed by atoms with van der Waals surface area (Å²) in [5.74, 6) is -0.577. The Morgan fingerprint density at radius 1 is 1.26 bits per heavy atom. The molecule has 2 aliphatic rings. The van der Waals surface area contributed by atoms with Crippen molar-refractivity contribution >= 4 is 40.0 Å². The number of nitrogens with two attached hydrogens (primary N) is 1. The number of ether oxygens (including phenoxy) is 1. The lowest BCUT2D eigenvalue weighted by Gasteiger charge is -2.50. The van der Waals surface area contributed by atoms with E-state index in [0.717, 1.165) is 37.8 Å². The Kier molecular flexibility index (Phi) is 8.76. The van der Waals surface area contributed by atoms with E-state index in [0.29, 0.717) is 17.2 Å². The normalized spacial score (nSPS) is 20.5. The monoisotopic (exact) mass is 542 g/mol. The first-order valence-corrected chi connectivity index (χ1v) is 13.6. The van der Waals surface area contributed by atoms with Crippen molar-refractivity contribution in [3.8, 4) is 5.75 Å². The molecule has 1 aliphatic heterocycles. The van der Waals surface area contributed by atoms with Crippen molar-refractivity contribution in [3.05, 3.63) is 64.2 Å². The zero-order valence-electron chi connectivity index (χ0n) is 19.6. The topological polar surface area (TPSA) is 119 Å². The molecule has 1 aliphatic carbocycles. The molecule has 10 heteroatoms. The number of carbonyl (C=O) groups excluding carboxylic acids is 1. The van der Waals surface area contributed by atoms with Gasteiger partial charge in [0, 0.05) is 16.5 Å². The highest BCUT2D eigenvalue weighted by atomic mass is 35.5. The third-order valence-corrected chi connectivity index (χ3v) is 8.73. The SMILES string of the molecule is CCCC(C(Oc1ccc2c(c1)C(C1(c3ccc(Cl)cc3)CCC1)NCC2)C(N)=O)S(=O)(=O)O.Cl. The van der Waals surface area contributed by atoms with Crippen LogP contribution >= 0.6 is 24.0 Å². The first kappa shape index (κ1) is 27.7. The van der Waals surface area contributed by atoms with Gasteiger partial charge in [-0.25, -0.2) is 0 Å². The van der Waals surface area contributed by atoms with Crippen LogP contribution in [0.15, 0.2) is 42.5 Å². The van der Waals surface area contributed by atoms with Crippen LogP contribution in [0.5, 0.6) is 5.75 Å². The minimum atomic E-state index is -4.53. The Hall–Kier alpha value is -1.84. The van der Waals surface area contributed by atoms with Gasteiger partial charge in [-0.15, -0.1) is 12.4 Å². The average Bonchev–Trinajstić information content (AvgIpc) is 2.76. The highest BCUT2D eigenvalue weighted by molar-refractivity contribution is 7.86. The number of nitrogens with one attached hydrogen (secondary N) is 1. The number of hydrogen-bond acceptors (Lipinski definition) is 5. The average molecular weight is 544 g/mol. The molecule has 0 radical (unpaired) electrons. The maximum Gasteiger partial charge on any atom is 0.272 e. The summed E-state index contributed by atoms with van der Waals surface area (Å²) in [5, 5.41) is 2.96. The van der Waals surface area contributed by atoms with Crippen LogP contribution in [0.3, 0.4) is 0 Å². The molecule has 0 spiro atoms. The third kappa shape index (κ3) is 5.62. The number of fused-ring (bicyclic) bond motifs is 1. The second-order valence-corrected chi connectivity index (χ2v) is 11.4. The predicted octanol–water partition coefficient (Wildman–Crippen LogP) is 4.36. The Morgan fingerprint density at radius 3 is 2.49 bits per heavy atom. The fraction of sp³-hybridized carbons (Fsp3) is 0.480. The van der Waals surface area contributed by atoms with Gasteiger partial charge in [0.15, 0.2) is 6.10 Å². The van der Waals surface area contributed by atoms with E-state index >= 15 is 0 Å². The van der Waals surface area contributed by atoms with E-state index < -0.39 is 27.4 Å². The van der Waals surface area contributed by atoms with Crippen molar-refractivity contribution in [1.29, 1.82) is 0 Å². The van der Waals surface area contributed by atoms with Crippen LogP contribution in [-0.4, -0.2) is 36.8 Å². The molecule has 4 rings (SSSR count). The van der Waals surface area contributed by atoms with E-state index in [-0.39, 0.29) is 30.3 Å². The van der Waals surface area contributed by atoms with Crippen LogP contribution in [0, 0.1) is 0 Å². The number of amides is 1. The molecule has 1 saturated carbocycles. The summed E-state index contributed by atoms with van der Waals surface area (Å²) in [5.41, 5.74) is 8.90. The summed E-state index contributed by atoms with van der Waals surface area (Å²) in [6, 6.07) is 13.6. The molecule has 0 saturated heterocycles. The molecule has 4 N–H and O–H groups in total. The highest BCUT2D eigenvalue weighted by Crippen LogP contribution is 2.53. The van der Waals surface area contributed by atoms with E-state index in [1.54, 1.807) is 13.0 Å². The lowest BCUT2D eigenvalue weighted by atomic mass is 9.58. The second-order valence-electron chi connectivity index (χ2n) is 9.30. The molecule has 2 aromatic carbocycles. The molecule has 3 unspecified atom stereocenters. The van der Waals surface area contributed by atoms with Gasteiger partial charge < -0.3 is 15.8 Å². The Balaban J connectivity index is 0.00000342. The first-order valence-electron chi connectivity index (χ1n) is 11.7. The quantitative estimate of drug-likeness (QED) is 0.405. The number of carbonyl (C=O) groups is 1. The number of benzene rings is 2. The van der Waals surface area contributed by atoms with Crippen LogP contribution in [-0.2, 0) is 26.7 Å². The van der Waals surface area contributed by atoms with Gasteiger partial charge in [0.1, 0.15) is 11.0 Å². The molecule has 1 heterocycles. The summed E-state index contributed by atoms with van der Waals surface area (Å²) in [6.07, 6.45) is 3.05. The van der Waals surface area contributed by atoms with Crippen molar-refractivity contribution in [3.63, 3.8) is 0 Å². The Labute approximate surface area is 217 Å². The molecule has 3 atom stereocenters. The maximum absolute atomic E-state index is 12.1. The number of rotatable bonds is 9. The predicted molar refractivity (Wildman–Crippen MR) is 139 cm³/mol. The van der Waals surface area contributed by atoms with Crippen molar-refractivity contribution in [2.24, 2.45) is 5.73 Å². The fourth-order valence-electron chi connectivity index (χ4n) is 5.39. The van der Waals surface area contributed by atoms with Gasteiger partial charge in [-0.2, -0.15) is 8.42 Å². The molecule has 0 aromatic heterocycles. The summed E-state index contributed by atoms with van der Waals surface area (Å²) >= 11 is 6.13. The fourth-order valence-corrected chi connectivity index (χ4v) is 6.55. The number of primary amides is 1. The lowest BCUT2D eigenvalue weighted by Crippen LogP contribution is -2.49. The third-order valence-electron chi connectivity index (χ3n) is 7.23. The lowest BCUT2D eigenvalue weighted by molar-refractivity contribution is -0.124. The van der Waals surface area contributed by atoms with Crippen LogP contribution in [0.1, 0.15) is 61.8 Å². The van der Waals surface area contributed by atoms with Crippen LogP contribution in [0.2, 0.25) is 5.02 Å². The molecular weight excluding hydrogens is 511 g/mol. The summed E-state index contributed by atoms with van der Waals surface area (Å²) in [4.78, 5) is 12.1. The summed E-state index contributed by atoms with van der Waals surface area (Å²) in [7, 11) is -4.53.